The second-order valence-corrected chi connectivity index (χ2v) is 5.65. The third-order valence-corrected chi connectivity index (χ3v) is 3.92. The lowest BCUT2D eigenvalue weighted by molar-refractivity contribution is 0.320. The van der Waals surface area contributed by atoms with Crippen LogP contribution in [0.15, 0.2) is 12.1 Å². The van der Waals surface area contributed by atoms with Crippen LogP contribution in [-0.2, 0) is 11.2 Å². The summed E-state index contributed by atoms with van der Waals surface area (Å²) >= 11 is 12.2. The SMILES string of the molecule is CCC1OC1C(C)Cc1cc(Cl)cc(Cl)c1OC. The lowest BCUT2D eigenvalue weighted by Crippen LogP contribution is -2.10. The fourth-order valence-electron chi connectivity index (χ4n) is 2.44. The van der Waals surface area contributed by atoms with Crippen molar-refractivity contribution in [3.05, 3.63) is 27.7 Å². The number of epoxide rings is 1. The average Bonchev–Trinajstić information content (AvgIpc) is 3.07. The molecule has 0 aromatic heterocycles. The van der Waals surface area contributed by atoms with Crippen molar-refractivity contribution in [1.29, 1.82) is 0 Å². The van der Waals surface area contributed by atoms with Crippen molar-refractivity contribution in [2.75, 3.05) is 7.11 Å². The van der Waals surface area contributed by atoms with Crippen LogP contribution >= 0.6 is 23.2 Å². The Balaban J connectivity index is 2.13. The van der Waals surface area contributed by atoms with Crippen LogP contribution in [0.2, 0.25) is 10.0 Å². The molecule has 0 spiro atoms. The molecule has 1 aliphatic rings. The quantitative estimate of drug-likeness (QED) is 0.751. The molecule has 1 heterocycles. The van der Waals surface area contributed by atoms with E-state index in [1.807, 2.05) is 6.07 Å². The summed E-state index contributed by atoms with van der Waals surface area (Å²) in [4.78, 5) is 0. The highest BCUT2D eigenvalue weighted by molar-refractivity contribution is 6.35. The summed E-state index contributed by atoms with van der Waals surface area (Å²) in [5, 5.41) is 1.21. The van der Waals surface area contributed by atoms with Crippen molar-refractivity contribution in [1.82, 2.24) is 0 Å². The Morgan fingerprint density at radius 3 is 2.67 bits per heavy atom. The van der Waals surface area contributed by atoms with E-state index >= 15 is 0 Å². The molecule has 100 valence electrons. The molecule has 2 rings (SSSR count). The second kappa shape index (κ2) is 5.68. The van der Waals surface area contributed by atoms with Gasteiger partial charge in [0.15, 0.2) is 0 Å². The lowest BCUT2D eigenvalue weighted by atomic mass is 9.95. The van der Waals surface area contributed by atoms with Gasteiger partial charge in [-0.15, -0.1) is 0 Å². The van der Waals surface area contributed by atoms with Crippen LogP contribution in [0.5, 0.6) is 5.75 Å². The summed E-state index contributed by atoms with van der Waals surface area (Å²) in [5.41, 5.74) is 1.05. The Morgan fingerprint density at radius 2 is 2.11 bits per heavy atom. The summed E-state index contributed by atoms with van der Waals surface area (Å²) in [7, 11) is 1.63. The fraction of sp³-hybridized carbons (Fsp3) is 0.571. The maximum atomic E-state index is 6.13. The van der Waals surface area contributed by atoms with Crippen molar-refractivity contribution in [3.8, 4) is 5.75 Å². The van der Waals surface area contributed by atoms with Crippen molar-refractivity contribution < 1.29 is 9.47 Å². The molecule has 0 bridgehead atoms. The molecule has 18 heavy (non-hydrogen) atoms. The monoisotopic (exact) mass is 288 g/mol. The first-order valence-electron chi connectivity index (χ1n) is 6.24. The molecule has 1 aromatic carbocycles. The molecule has 0 radical (unpaired) electrons. The lowest BCUT2D eigenvalue weighted by Gasteiger charge is -2.14. The number of hydrogen-bond acceptors (Lipinski definition) is 2. The smallest absolute Gasteiger partial charge is 0.140 e. The highest BCUT2D eigenvalue weighted by atomic mass is 35.5. The summed E-state index contributed by atoms with van der Waals surface area (Å²) < 4.78 is 11.0. The Kier molecular flexibility index (Phi) is 4.41. The van der Waals surface area contributed by atoms with Gasteiger partial charge < -0.3 is 9.47 Å². The number of hydrogen-bond donors (Lipinski definition) is 0. The van der Waals surface area contributed by atoms with E-state index in [1.54, 1.807) is 13.2 Å². The first-order chi connectivity index (χ1) is 8.56. The molecule has 2 nitrogen and oxygen atoms in total. The van der Waals surface area contributed by atoms with Gasteiger partial charge in [0, 0.05) is 5.02 Å². The van der Waals surface area contributed by atoms with Crippen LogP contribution in [-0.4, -0.2) is 19.3 Å². The van der Waals surface area contributed by atoms with E-state index in [0.29, 0.717) is 28.2 Å². The van der Waals surface area contributed by atoms with E-state index in [0.717, 1.165) is 24.2 Å². The predicted octanol–water partition coefficient (Wildman–Crippen LogP) is 4.36. The van der Waals surface area contributed by atoms with E-state index in [2.05, 4.69) is 13.8 Å². The molecule has 3 atom stereocenters. The number of rotatable bonds is 5. The molecule has 4 heteroatoms. The van der Waals surface area contributed by atoms with Crippen LogP contribution in [0.3, 0.4) is 0 Å². The van der Waals surface area contributed by atoms with E-state index < -0.39 is 0 Å². The van der Waals surface area contributed by atoms with Crippen LogP contribution < -0.4 is 4.74 Å². The topological polar surface area (TPSA) is 21.8 Å². The van der Waals surface area contributed by atoms with Crippen molar-refractivity contribution in [2.45, 2.75) is 38.9 Å². The molecule has 0 aliphatic carbocycles. The molecule has 1 aliphatic heterocycles. The zero-order chi connectivity index (χ0) is 13.3. The number of halogens is 2. The molecule has 0 saturated carbocycles. The van der Waals surface area contributed by atoms with Crippen LogP contribution in [0.1, 0.15) is 25.8 Å². The predicted molar refractivity (Wildman–Crippen MR) is 74.8 cm³/mol. The Hall–Kier alpha value is -0.440. The van der Waals surface area contributed by atoms with E-state index in [-0.39, 0.29) is 0 Å². The first kappa shape index (κ1) is 14.0. The third kappa shape index (κ3) is 2.93. The van der Waals surface area contributed by atoms with Crippen LogP contribution in [0, 0.1) is 5.92 Å². The van der Waals surface area contributed by atoms with Gasteiger partial charge in [0.2, 0.25) is 0 Å². The molecule has 1 saturated heterocycles. The molecular weight excluding hydrogens is 271 g/mol. The Morgan fingerprint density at radius 1 is 1.39 bits per heavy atom. The second-order valence-electron chi connectivity index (χ2n) is 4.81. The first-order valence-corrected chi connectivity index (χ1v) is 6.99. The minimum atomic E-state index is 0.359. The Labute approximate surface area is 118 Å². The van der Waals surface area contributed by atoms with Crippen LogP contribution in [0.25, 0.3) is 0 Å². The van der Waals surface area contributed by atoms with Gasteiger partial charge in [0.05, 0.1) is 24.3 Å². The maximum Gasteiger partial charge on any atom is 0.140 e. The molecule has 0 N–H and O–H groups in total. The van der Waals surface area contributed by atoms with Gasteiger partial charge in [0.25, 0.3) is 0 Å². The maximum absolute atomic E-state index is 6.13. The third-order valence-electron chi connectivity index (χ3n) is 3.42. The number of methoxy groups -OCH3 is 1. The Bertz CT molecular complexity index is 434. The van der Waals surface area contributed by atoms with Crippen molar-refractivity contribution in [2.24, 2.45) is 5.92 Å². The van der Waals surface area contributed by atoms with Gasteiger partial charge in [0.1, 0.15) is 5.75 Å². The molecule has 1 fully saturated rings. The van der Waals surface area contributed by atoms with Crippen molar-refractivity contribution >= 4 is 23.2 Å². The van der Waals surface area contributed by atoms with Gasteiger partial charge in [-0.3, -0.25) is 0 Å². The van der Waals surface area contributed by atoms with Gasteiger partial charge in [-0.1, -0.05) is 37.0 Å². The fourth-order valence-corrected chi connectivity index (χ4v) is 3.06. The largest absolute Gasteiger partial charge is 0.495 e. The summed E-state index contributed by atoms with van der Waals surface area (Å²) in [6, 6.07) is 3.63. The standard InChI is InChI=1S/C14H18Cl2O2/c1-4-12-13(18-12)8(2)5-9-6-10(15)7-11(16)14(9)17-3/h6-8,12-13H,4-5H2,1-3H3. The number of benzene rings is 1. The zero-order valence-corrected chi connectivity index (χ0v) is 12.4. The van der Waals surface area contributed by atoms with Gasteiger partial charge in [-0.05, 0) is 36.5 Å². The molecule has 1 aromatic rings. The zero-order valence-electron chi connectivity index (χ0n) is 10.9. The normalized spacial score (nSPS) is 23.8. The minimum absolute atomic E-state index is 0.359. The number of ether oxygens (including phenoxy) is 2. The van der Waals surface area contributed by atoms with E-state index in [4.69, 9.17) is 32.7 Å². The van der Waals surface area contributed by atoms with E-state index in [1.165, 1.54) is 0 Å². The van der Waals surface area contributed by atoms with Crippen molar-refractivity contribution in [3.63, 3.8) is 0 Å². The van der Waals surface area contributed by atoms with Gasteiger partial charge in [-0.25, -0.2) is 0 Å². The summed E-state index contributed by atoms with van der Waals surface area (Å²) in [5.74, 6) is 1.17. The molecule has 0 amide bonds. The van der Waals surface area contributed by atoms with Gasteiger partial charge >= 0.3 is 0 Å². The summed E-state index contributed by atoms with van der Waals surface area (Å²) in [6.45, 7) is 4.34. The highest BCUT2D eigenvalue weighted by Crippen LogP contribution is 2.38. The van der Waals surface area contributed by atoms with Gasteiger partial charge in [-0.2, -0.15) is 0 Å². The average molecular weight is 289 g/mol. The summed E-state index contributed by atoms with van der Waals surface area (Å²) in [6.07, 6.45) is 2.71. The molecular formula is C14H18Cl2O2. The van der Waals surface area contributed by atoms with E-state index in [9.17, 15) is 0 Å². The van der Waals surface area contributed by atoms with Crippen LogP contribution in [0.4, 0.5) is 0 Å². The minimum Gasteiger partial charge on any atom is -0.495 e. The highest BCUT2D eigenvalue weighted by Gasteiger charge is 2.41. The molecule has 3 unspecified atom stereocenters.